The first-order valence-electron chi connectivity index (χ1n) is 5.06. The second kappa shape index (κ2) is 5.47. The molecule has 16 heavy (non-hydrogen) atoms. The van der Waals surface area contributed by atoms with E-state index in [4.69, 9.17) is 0 Å². The van der Waals surface area contributed by atoms with Crippen LogP contribution in [0.15, 0.2) is 0 Å². The zero-order valence-electron chi connectivity index (χ0n) is 9.14. The van der Waals surface area contributed by atoms with Crippen LogP contribution in [-0.2, 0) is 6.42 Å². The van der Waals surface area contributed by atoms with Gasteiger partial charge in [0, 0.05) is 24.0 Å². The third kappa shape index (κ3) is 4.78. The summed E-state index contributed by atoms with van der Waals surface area (Å²) in [5.74, 6) is 0.689. The fraction of sp³-hybridized carbons (Fsp3) is 0.778. The molecule has 1 atom stereocenters. The maximum Gasteiger partial charge on any atom is 0.391 e. The molecule has 0 spiro atoms. The first kappa shape index (κ1) is 13.2. The van der Waals surface area contributed by atoms with Crippen LogP contribution in [0.1, 0.15) is 32.5 Å². The van der Waals surface area contributed by atoms with Gasteiger partial charge in [0.25, 0.3) is 0 Å². The van der Waals surface area contributed by atoms with Crippen LogP contribution in [0.2, 0.25) is 0 Å². The number of nitrogens with one attached hydrogen (secondary N) is 1. The van der Waals surface area contributed by atoms with Gasteiger partial charge in [0.15, 0.2) is 0 Å². The number of aromatic nitrogens is 2. The average molecular weight is 253 g/mol. The van der Waals surface area contributed by atoms with E-state index >= 15 is 0 Å². The first-order chi connectivity index (χ1) is 7.40. The van der Waals surface area contributed by atoms with Crippen LogP contribution >= 0.6 is 11.5 Å². The monoisotopic (exact) mass is 253 g/mol. The third-order valence-corrected chi connectivity index (χ3v) is 2.53. The molecular weight excluding hydrogens is 239 g/mol. The molecule has 0 fully saturated rings. The van der Waals surface area contributed by atoms with E-state index < -0.39 is 18.6 Å². The van der Waals surface area contributed by atoms with Crippen LogP contribution in [-0.4, -0.2) is 21.6 Å². The molecule has 1 N–H and O–H groups in total. The van der Waals surface area contributed by atoms with Crippen molar-refractivity contribution in [2.75, 3.05) is 5.32 Å². The van der Waals surface area contributed by atoms with Crippen LogP contribution in [0, 0.1) is 0 Å². The molecule has 0 aliphatic rings. The topological polar surface area (TPSA) is 37.8 Å². The van der Waals surface area contributed by atoms with Gasteiger partial charge in [0.05, 0.1) is 6.42 Å². The lowest BCUT2D eigenvalue weighted by Gasteiger charge is -2.14. The molecule has 0 bridgehead atoms. The van der Waals surface area contributed by atoms with Gasteiger partial charge < -0.3 is 5.32 Å². The minimum absolute atomic E-state index is 0.459. The number of halogens is 3. The Balaban J connectivity index is 2.46. The zero-order valence-corrected chi connectivity index (χ0v) is 9.95. The highest BCUT2D eigenvalue weighted by molar-refractivity contribution is 7.09. The minimum Gasteiger partial charge on any atom is -0.357 e. The Morgan fingerprint density at radius 1 is 1.44 bits per heavy atom. The summed E-state index contributed by atoms with van der Waals surface area (Å²) in [6.07, 6.45) is -3.33. The molecule has 1 heterocycles. The van der Waals surface area contributed by atoms with E-state index in [-0.39, 0.29) is 0 Å². The quantitative estimate of drug-likeness (QED) is 0.875. The molecule has 1 aromatic heterocycles. The fourth-order valence-corrected chi connectivity index (χ4v) is 1.97. The molecule has 0 amide bonds. The molecule has 0 aliphatic carbocycles. The van der Waals surface area contributed by atoms with Crippen molar-refractivity contribution in [1.82, 2.24) is 9.36 Å². The minimum atomic E-state index is -4.15. The van der Waals surface area contributed by atoms with Crippen molar-refractivity contribution in [2.45, 2.75) is 45.3 Å². The number of anilines is 1. The van der Waals surface area contributed by atoms with Gasteiger partial charge in [0.2, 0.25) is 5.13 Å². The smallest absolute Gasteiger partial charge is 0.357 e. The Kier molecular flexibility index (Phi) is 4.52. The van der Waals surface area contributed by atoms with Crippen LogP contribution in [0.3, 0.4) is 0 Å². The summed E-state index contributed by atoms with van der Waals surface area (Å²) in [4.78, 5) is 4.10. The number of hydrogen-bond acceptors (Lipinski definition) is 4. The van der Waals surface area contributed by atoms with E-state index in [1.54, 1.807) is 0 Å². The Bertz CT molecular complexity index is 324. The number of alkyl halides is 3. The third-order valence-electron chi connectivity index (χ3n) is 1.85. The summed E-state index contributed by atoms with van der Waals surface area (Å²) < 4.78 is 40.2. The molecule has 0 aliphatic heterocycles. The van der Waals surface area contributed by atoms with Crippen molar-refractivity contribution in [3.8, 4) is 0 Å². The molecule has 0 saturated carbocycles. The second-order valence-electron chi connectivity index (χ2n) is 3.63. The SMILES string of the molecule is CCCc1nsc(NC(C)CC(F)(F)F)n1. The highest BCUT2D eigenvalue weighted by Gasteiger charge is 2.30. The molecule has 0 aromatic carbocycles. The lowest BCUT2D eigenvalue weighted by Crippen LogP contribution is -2.23. The van der Waals surface area contributed by atoms with Crippen LogP contribution in [0.5, 0.6) is 0 Å². The molecule has 92 valence electrons. The number of nitrogens with zero attached hydrogens (tertiary/aromatic N) is 2. The van der Waals surface area contributed by atoms with E-state index in [0.29, 0.717) is 11.0 Å². The highest BCUT2D eigenvalue weighted by Crippen LogP contribution is 2.23. The summed E-state index contributed by atoms with van der Waals surface area (Å²) >= 11 is 1.10. The van der Waals surface area contributed by atoms with Crippen molar-refractivity contribution >= 4 is 16.7 Å². The first-order valence-corrected chi connectivity index (χ1v) is 5.84. The van der Waals surface area contributed by atoms with Crippen molar-refractivity contribution in [3.63, 3.8) is 0 Å². The standard InChI is InChI=1S/C9H14F3N3S/c1-3-4-7-14-8(16-15-7)13-6(2)5-9(10,11)12/h6H,3-5H2,1-2H3,(H,13,14,15). The predicted octanol–water partition coefficient (Wildman–Crippen LogP) is 3.24. The van der Waals surface area contributed by atoms with Gasteiger partial charge in [-0.2, -0.15) is 17.5 Å². The Hall–Kier alpha value is -0.850. The van der Waals surface area contributed by atoms with Crippen molar-refractivity contribution in [3.05, 3.63) is 5.82 Å². The zero-order chi connectivity index (χ0) is 12.2. The largest absolute Gasteiger partial charge is 0.391 e. The maximum atomic E-state index is 12.1. The van der Waals surface area contributed by atoms with Crippen molar-refractivity contribution < 1.29 is 13.2 Å². The van der Waals surface area contributed by atoms with Gasteiger partial charge in [-0.25, -0.2) is 4.98 Å². The molecule has 0 saturated heterocycles. The number of rotatable bonds is 5. The van der Waals surface area contributed by atoms with Crippen molar-refractivity contribution in [2.24, 2.45) is 0 Å². The number of aryl methyl sites for hydroxylation is 1. The summed E-state index contributed by atoms with van der Waals surface area (Å²) in [7, 11) is 0. The van der Waals surface area contributed by atoms with E-state index in [0.717, 1.165) is 24.4 Å². The molecule has 0 radical (unpaired) electrons. The molecule has 1 unspecified atom stereocenters. The summed E-state index contributed by atoms with van der Waals surface area (Å²) in [6, 6.07) is -0.678. The predicted molar refractivity (Wildman–Crippen MR) is 57.7 cm³/mol. The Morgan fingerprint density at radius 2 is 2.12 bits per heavy atom. The highest BCUT2D eigenvalue weighted by atomic mass is 32.1. The normalized spacial score (nSPS) is 13.8. The van der Waals surface area contributed by atoms with Gasteiger partial charge in [-0.3, -0.25) is 0 Å². The van der Waals surface area contributed by atoms with Gasteiger partial charge in [-0.05, 0) is 13.3 Å². The lowest BCUT2D eigenvalue weighted by atomic mass is 10.2. The van der Waals surface area contributed by atoms with Gasteiger partial charge in [0.1, 0.15) is 5.82 Å². The van der Waals surface area contributed by atoms with Gasteiger partial charge in [-0.15, -0.1) is 0 Å². The van der Waals surface area contributed by atoms with Gasteiger partial charge >= 0.3 is 6.18 Å². The molecule has 1 aromatic rings. The molecule has 1 rings (SSSR count). The maximum absolute atomic E-state index is 12.1. The van der Waals surface area contributed by atoms with Crippen LogP contribution in [0.25, 0.3) is 0 Å². The fourth-order valence-electron chi connectivity index (χ4n) is 1.25. The molecular formula is C9H14F3N3S. The Morgan fingerprint density at radius 3 is 2.69 bits per heavy atom. The van der Waals surface area contributed by atoms with Crippen LogP contribution < -0.4 is 5.32 Å². The lowest BCUT2D eigenvalue weighted by molar-refractivity contribution is -0.136. The average Bonchev–Trinajstić information content (AvgIpc) is 2.49. The van der Waals surface area contributed by atoms with E-state index in [2.05, 4.69) is 14.7 Å². The summed E-state index contributed by atoms with van der Waals surface area (Å²) in [6.45, 7) is 3.48. The number of hydrogen-bond donors (Lipinski definition) is 1. The van der Waals surface area contributed by atoms with Gasteiger partial charge in [-0.1, -0.05) is 6.92 Å². The van der Waals surface area contributed by atoms with Crippen LogP contribution in [0.4, 0.5) is 18.3 Å². The van der Waals surface area contributed by atoms with E-state index in [9.17, 15) is 13.2 Å². The van der Waals surface area contributed by atoms with E-state index in [1.807, 2.05) is 6.92 Å². The summed E-state index contributed by atoms with van der Waals surface area (Å²) in [5.41, 5.74) is 0. The van der Waals surface area contributed by atoms with Crippen molar-refractivity contribution in [1.29, 1.82) is 0 Å². The summed E-state index contributed by atoms with van der Waals surface area (Å²) in [5, 5.41) is 3.16. The Labute approximate surface area is 96.3 Å². The molecule has 3 nitrogen and oxygen atoms in total. The van der Waals surface area contributed by atoms with E-state index in [1.165, 1.54) is 6.92 Å². The molecule has 7 heteroatoms. The second-order valence-corrected chi connectivity index (χ2v) is 4.38.